The maximum absolute atomic E-state index is 11.9. The van der Waals surface area contributed by atoms with Crippen LogP contribution < -0.4 is 10.1 Å². The van der Waals surface area contributed by atoms with Gasteiger partial charge in [-0.25, -0.2) is 0 Å². The first-order valence-electron chi connectivity index (χ1n) is 6.55. The molecule has 19 heavy (non-hydrogen) atoms. The van der Waals surface area contributed by atoms with E-state index in [1.165, 1.54) is 0 Å². The Morgan fingerprint density at radius 2 is 2.16 bits per heavy atom. The molecule has 4 nitrogen and oxygen atoms in total. The van der Waals surface area contributed by atoms with Crippen molar-refractivity contribution in [3.05, 3.63) is 28.8 Å². The van der Waals surface area contributed by atoms with E-state index in [1.807, 2.05) is 30.1 Å². The minimum Gasteiger partial charge on any atom is -0.483 e. The van der Waals surface area contributed by atoms with Gasteiger partial charge < -0.3 is 15.0 Å². The summed E-state index contributed by atoms with van der Waals surface area (Å²) in [6.07, 6.45) is 2.18. The van der Waals surface area contributed by atoms with Crippen molar-refractivity contribution in [1.29, 1.82) is 0 Å². The molecule has 1 heterocycles. The van der Waals surface area contributed by atoms with Crippen LogP contribution in [0.4, 0.5) is 0 Å². The zero-order valence-electron chi connectivity index (χ0n) is 11.1. The normalized spacial score (nSPS) is 14.7. The Kier molecular flexibility index (Phi) is 5.05. The molecule has 1 saturated heterocycles. The molecule has 0 aliphatic carbocycles. The van der Waals surface area contributed by atoms with Crippen molar-refractivity contribution >= 4 is 17.5 Å². The highest BCUT2D eigenvalue weighted by Crippen LogP contribution is 2.26. The van der Waals surface area contributed by atoms with Crippen molar-refractivity contribution in [3.63, 3.8) is 0 Å². The molecule has 1 aromatic rings. The number of hydrogen-bond acceptors (Lipinski definition) is 3. The molecule has 0 radical (unpaired) electrons. The second-order valence-corrected chi connectivity index (χ2v) is 5.03. The monoisotopic (exact) mass is 282 g/mol. The Balaban J connectivity index is 1.98. The van der Waals surface area contributed by atoms with Crippen LogP contribution in [0.25, 0.3) is 0 Å². The number of rotatable bonds is 5. The Bertz CT molecular complexity index is 445. The summed E-state index contributed by atoms with van der Waals surface area (Å²) in [4.78, 5) is 13.8. The molecular weight excluding hydrogens is 264 g/mol. The Labute approximate surface area is 118 Å². The summed E-state index contributed by atoms with van der Waals surface area (Å²) in [6, 6.07) is 5.50. The molecule has 1 amide bonds. The van der Waals surface area contributed by atoms with Crippen LogP contribution in [-0.2, 0) is 11.3 Å². The molecule has 0 saturated carbocycles. The standard InChI is InChI=1S/C14H19ClN2O2/c1-16-9-11-12(15)5-4-6-13(11)19-10-14(18)17-7-2-3-8-17/h4-6,16H,2-3,7-10H2,1H3. The van der Waals surface area contributed by atoms with E-state index in [-0.39, 0.29) is 12.5 Å². The molecule has 0 aromatic heterocycles. The minimum absolute atomic E-state index is 0.0490. The average molecular weight is 283 g/mol. The van der Waals surface area contributed by atoms with Gasteiger partial charge in [-0.2, -0.15) is 0 Å². The first kappa shape index (κ1) is 14.2. The third kappa shape index (κ3) is 3.61. The van der Waals surface area contributed by atoms with Crippen LogP contribution in [0.5, 0.6) is 5.75 Å². The van der Waals surface area contributed by atoms with E-state index in [4.69, 9.17) is 16.3 Å². The molecule has 0 unspecified atom stereocenters. The second kappa shape index (κ2) is 6.78. The first-order chi connectivity index (χ1) is 9.22. The molecule has 0 spiro atoms. The van der Waals surface area contributed by atoms with E-state index in [2.05, 4.69) is 5.32 Å². The molecule has 1 aromatic carbocycles. The third-order valence-corrected chi connectivity index (χ3v) is 3.59. The fourth-order valence-electron chi connectivity index (χ4n) is 2.22. The van der Waals surface area contributed by atoms with Gasteiger partial charge in [-0.1, -0.05) is 17.7 Å². The zero-order valence-corrected chi connectivity index (χ0v) is 11.9. The fraction of sp³-hybridized carbons (Fsp3) is 0.500. The number of likely N-dealkylation sites (tertiary alicyclic amines) is 1. The maximum atomic E-state index is 11.9. The summed E-state index contributed by atoms with van der Waals surface area (Å²) in [5.41, 5.74) is 0.890. The van der Waals surface area contributed by atoms with Crippen molar-refractivity contribution in [2.24, 2.45) is 0 Å². The molecule has 5 heteroatoms. The lowest BCUT2D eigenvalue weighted by molar-refractivity contribution is -0.132. The lowest BCUT2D eigenvalue weighted by Gasteiger charge is -2.17. The minimum atomic E-state index is 0.0490. The van der Waals surface area contributed by atoms with Crippen molar-refractivity contribution in [2.75, 3.05) is 26.7 Å². The first-order valence-corrected chi connectivity index (χ1v) is 6.92. The van der Waals surface area contributed by atoms with Gasteiger partial charge in [-0.3, -0.25) is 4.79 Å². The van der Waals surface area contributed by atoms with Crippen LogP contribution in [-0.4, -0.2) is 37.6 Å². The van der Waals surface area contributed by atoms with Gasteiger partial charge in [0.05, 0.1) is 0 Å². The zero-order chi connectivity index (χ0) is 13.7. The second-order valence-electron chi connectivity index (χ2n) is 4.62. The number of ether oxygens (including phenoxy) is 1. The van der Waals surface area contributed by atoms with E-state index >= 15 is 0 Å². The third-order valence-electron chi connectivity index (χ3n) is 3.24. The lowest BCUT2D eigenvalue weighted by atomic mass is 10.2. The van der Waals surface area contributed by atoms with Crippen LogP contribution in [0, 0.1) is 0 Å². The number of nitrogens with zero attached hydrogens (tertiary/aromatic N) is 1. The molecule has 104 valence electrons. The van der Waals surface area contributed by atoms with Crippen LogP contribution in [0.15, 0.2) is 18.2 Å². The van der Waals surface area contributed by atoms with Gasteiger partial charge >= 0.3 is 0 Å². The molecule has 0 atom stereocenters. The number of amides is 1. The molecular formula is C14H19ClN2O2. The Hall–Kier alpha value is -1.26. The predicted octanol–water partition coefficient (Wildman–Crippen LogP) is 2.06. The van der Waals surface area contributed by atoms with Crippen LogP contribution in [0.2, 0.25) is 5.02 Å². The lowest BCUT2D eigenvalue weighted by Crippen LogP contribution is -2.32. The van der Waals surface area contributed by atoms with Crippen LogP contribution in [0.3, 0.4) is 0 Å². The summed E-state index contributed by atoms with van der Waals surface area (Å²) in [7, 11) is 1.85. The van der Waals surface area contributed by atoms with Gasteiger partial charge in [0, 0.05) is 30.2 Å². The summed E-state index contributed by atoms with van der Waals surface area (Å²) in [6.45, 7) is 2.40. The molecule has 0 bridgehead atoms. The van der Waals surface area contributed by atoms with Crippen LogP contribution >= 0.6 is 11.6 Å². The SMILES string of the molecule is CNCc1c(Cl)cccc1OCC(=O)N1CCCC1. The van der Waals surface area contributed by atoms with Crippen LogP contribution in [0.1, 0.15) is 18.4 Å². The predicted molar refractivity (Wildman–Crippen MR) is 75.5 cm³/mol. The average Bonchev–Trinajstić information content (AvgIpc) is 2.93. The largest absolute Gasteiger partial charge is 0.483 e. The van der Waals surface area contributed by atoms with Gasteiger partial charge in [0.2, 0.25) is 0 Å². The summed E-state index contributed by atoms with van der Waals surface area (Å²) in [5, 5.41) is 3.70. The number of nitrogens with one attached hydrogen (secondary N) is 1. The highest BCUT2D eigenvalue weighted by molar-refractivity contribution is 6.31. The highest BCUT2D eigenvalue weighted by atomic mass is 35.5. The van der Waals surface area contributed by atoms with E-state index in [9.17, 15) is 4.79 Å². The number of benzene rings is 1. The van der Waals surface area contributed by atoms with Crippen molar-refractivity contribution < 1.29 is 9.53 Å². The Morgan fingerprint density at radius 3 is 2.84 bits per heavy atom. The van der Waals surface area contributed by atoms with Crippen molar-refractivity contribution in [1.82, 2.24) is 10.2 Å². The number of halogens is 1. The molecule has 1 N–H and O–H groups in total. The molecule has 1 aliphatic heterocycles. The summed E-state index contributed by atoms with van der Waals surface area (Å²) in [5.74, 6) is 0.724. The molecule has 1 fully saturated rings. The van der Waals surface area contributed by atoms with Gasteiger partial charge in [0.15, 0.2) is 6.61 Å². The fourth-order valence-corrected chi connectivity index (χ4v) is 2.45. The maximum Gasteiger partial charge on any atom is 0.260 e. The van der Waals surface area contributed by atoms with E-state index in [0.29, 0.717) is 17.3 Å². The van der Waals surface area contributed by atoms with E-state index in [0.717, 1.165) is 31.5 Å². The van der Waals surface area contributed by atoms with Crippen molar-refractivity contribution in [3.8, 4) is 5.75 Å². The smallest absolute Gasteiger partial charge is 0.260 e. The number of hydrogen-bond donors (Lipinski definition) is 1. The molecule has 1 aliphatic rings. The highest BCUT2D eigenvalue weighted by Gasteiger charge is 2.18. The van der Waals surface area contributed by atoms with Gasteiger partial charge in [0.1, 0.15) is 5.75 Å². The van der Waals surface area contributed by atoms with E-state index < -0.39 is 0 Å². The summed E-state index contributed by atoms with van der Waals surface area (Å²) >= 11 is 6.14. The van der Waals surface area contributed by atoms with Gasteiger partial charge in [-0.15, -0.1) is 0 Å². The number of carbonyl (C=O) groups is 1. The quantitative estimate of drug-likeness (QED) is 0.899. The number of carbonyl (C=O) groups excluding carboxylic acids is 1. The Morgan fingerprint density at radius 1 is 1.42 bits per heavy atom. The topological polar surface area (TPSA) is 41.6 Å². The molecule has 2 rings (SSSR count). The summed E-state index contributed by atoms with van der Waals surface area (Å²) < 4.78 is 5.63. The van der Waals surface area contributed by atoms with Gasteiger partial charge in [-0.05, 0) is 32.0 Å². The van der Waals surface area contributed by atoms with Crippen molar-refractivity contribution in [2.45, 2.75) is 19.4 Å². The van der Waals surface area contributed by atoms with Gasteiger partial charge in [0.25, 0.3) is 5.91 Å². The van der Waals surface area contributed by atoms with E-state index in [1.54, 1.807) is 0 Å².